The molecule has 0 aliphatic carbocycles. The molecular formula is C17H30N2O5. The van der Waals surface area contributed by atoms with Crippen LogP contribution in [-0.2, 0) is 18.0 Å². The van der Waals surface area contributed by atoms with Gasteiger partial charge in [-0.05, 0) is 27.2 Å². The zero-order valence-electron chi connectivity index (χ0n) is 15.3. The quantitative estimate of drug-likeness (QED) is 0.658. The van der Waals surface area contributed by atoms with Gasteiger partial charge < -0.3 is 25.0 Å². The summed E-state index contributed by atoms with van der Waals surface area (Å²) >= 11 is 0. The third kappa shape index (κ3) is 10.0. The fourth-order valence-corrected chi connectivity index (χ4v) is 1.63. The SMILES string of the molecule is CC.CC(C)(C)OC(=O)NCCCOc1cc(CO)nc(CO)c1. The van der Waals surface area contributed by atoms with Gasteiger partial charge in [0.2, 0.25) is 0 Å². The Morgan fingerprint density at radius 1 is 1.17 bits per heavy atom. The molecule has 1 rings (SSSR count). The molecule has 0 saturated carbocycles. The van der Waals surface area contributed by atoms with Gasteiger partial charge in [-0.25, -0.2) is 4.79 Å². The minimum Gasteiger partial charge on any atom is -0.493 e. The monoisotopic (exact) mass is 342 g/mol. The van der Waals surface area contributed by atoms with Crippen LogP contribution in [0, 0.1) is 0 Å². The van der Waals surface area contributed by atoms with E-state index in [9.17, 15) is 4.79 Å². The molecule has 0 aliphatic heterocycles. The highest BCUT2D eigenvalue weighted by Crippen LogP contribution is 2.15. The maximum Gasteiger partial charge on any atom is 0.407 e. The number of carbonyl (C=O) groups is 1. The maximum atomic E-state index is 11.4. The van der Waals surface area contributed by atoms with Crippen LogP contribution in [0.3, 0.4) is 0 Å². The predicted octanol–water partition coefficient (Wildman–Crippen LogP) is 2.39. The highest BCUT2D eigenvalue weighted by molar-refractivity contribution is 5.67. The van der Waals surface area contributed by atoms with E-state index in [2.05, 4.69) is 10.3 Å². The number of nitrogens with zero attached hydrogens (tertiary/aromatic N) is 1. The van der Waals surface area contributed by atoms with Crippen LogP contribution in [0.2, 0.25) is 0 Å². The van der Waals surface area contributed by atoms with Crippen molar-refractivity contribution in [2.45, 2.75) is 59.9 Å². The Hall–Kier alpha value is -1.86. The number of hydrogen-bond donors (Lipinski definition) is 3. The number of rotatable bonds is 7. The molecule has 0 bridgehead atoms. The third-order valence-electron chi connectivity index (χ3n) is 2.49. The number of alkyl carbamates (subject to hydrolysis) is 1. The smallest absolute Gasteiger partial charge is 0.407 e. The lowest BCUT2D eigenvalue weighted by atomic mass is 10.2. The zero-order chi connectivity index (χ0) is 18.6. The fraction of sp³-hybridized carbons (Fsp3) is 0.647. The molecule has 0 aliphatic rings. The average molecular weight is 342 g/mol. The van der Waals surface area contributed by atoms with Crippen LogP contribution < -0.4 is 10.1 Å². The van der Waals surface area contributed by atoms with Crippen molar-refractivity contribution in [2.24, 2.45) is 0 Å². The van der Waals surface area contributed by atoms with Crippen molar-refractivity contribution in [1.82, 2.24) is 10.3 Å². The lowest BCUT2D eigenvalue weighted by Gasteiger charge is -2.19. The molecule has 0 aromatic carbocycles. The third-order valence-corrected chi connectivity index (χ3v) is 2.49. The number of nitrogens with one attached hydrogen (secondary N) is 1. The summed E-state index contributed by atoms with van der Waals surface area (Å²) in [5, 5.41) is 20.8. The summed E-state index contributed by atoms with van der Waals surface area (Å²) in [6, 6.07) is 3.22. The standard InChI is InChI=1S/C15H24N2O5.C2H6/c1-15(2,3)22-14(20)16-5-4-6-21-13-7-11(9-18)17-12(8-13)10-19;1-2/h7-8,18-19H,4-6,9-10H2,1-3H3,(H,16,20);1-2H3. The minimum atomic E-state index is -0.515. The molecule has 138 valence electrons. The summed E-state index contributed by atoms with van der Waals surface area (Å²) in [4.78, 5) is 15.4. The number of hydrogen-bond acceptors (Lipinski definition) is 6. The molecule has 24 heavy (non-hydrogen) atoms. The number of amides is 1. The Morgan fingerprint density at radius 2 is 1.71 bits per heavy atom. The van der Waals surface area contributed by atoms with E-state index in [0.717, 1.165) is 0 Å². The van der Waals surface area contributed by atoms with E-state index in [4.69, 9.17) is 19.7 Å². The first-order valence-electron chi connectivity index (χ1n) is 8.15. The molecule has 7 heteroatoms. The van der Waals surface area contributed by atoms with Crippen LogP contribution in [0.5, 0.6) is 5.75 Å². The summed E-state index contributed by atoms with van der Waals surface area (Å²) in [6.07, 6.45) is 0.145. The molecule has 0 radical (unpaired) electrons. The number of aliphatic hydroxyl groups excluding tert-OH is 2. The lowest BCUT2D eigenvalue weighted by Crippen LogP contribution is -2.33. The van der Waals surface area contributed by atoms with E-state index in [1.54, 1.807) is 32.9 Å². The first kappa shape index (κ1) is 22.1. The summed E-state index contributed by atoms with van der Waals surface area (Å²) in [5.41, 5.74) is 0.362. The fourth-order valence-electron chi connectivity index (χ4n) is 1.63. The van der Waals surface area contributed by atoms with Gasteiger partial charge in [0.15, 0.2) is 0 Å². The van der Waals surface area contributed by atoms with Gasteiger partial charge in [-0.2, -0.15) is 0 Å². The average Bonchev–Trinajstić information content (AvgIpc) is 2.54. The predicted molar refractivity (Wildman–Crippen MR) is 91.8 cm³/mol. The molecule has 0 unspecified atom stereocenters. The van der Waals surface area contributed by atoms with Crippen molar-refractivity contribution in [3.8, 4) is 5.75 Å². The van der Waals surface area contributed by atoms with Crippen LogP contribution in [0.4, 0.5) is 4.79 Å². The van der Waals surface area contributed by atoms with Gasteiger partial charge in [-0.15, -0.1) is 0 Å². The number of aromatic nitrogens is 1. The normalized spacial score (nSPS) is 10.5. The van der Waals surface area contributed by atoms with Gasteiger partial charge in [0.05, 0.1) is 31.2 Å². The summed E-state index contributed by atoms with van der Waals surface area (Å²) in [6.45, 7) is 9.79. The molecule has 1 amide bonds. The topological polar surface area (TPSA) is 101 Å². The van der Waals surface area contributed by atoms with Gasteiger partial charge in [-0.1, -0.05) is 13.8 Å². The second-order valence-electron chi connectivity index (χ2n) is 5.73. The van der Waals surface area contributed by atoms with E-state index in [1.807, 2.05) is 13.8 Å². The summed E-state index contributed by atoms with van der Waals surface area (Å²) in [5.74, 6) is 0.528. The Labute approximate surface area is 144 Å². The molecule has 0 saturated heterocycles. The van der Waals surface area contributed by atoms with E-state index in [1.165, 1.54) is 0 Å². The summed E-state index contributed by atoms with van der Waals surface area (Å²) < 4.78 is 10.6. The first-order valence-corrected chi connectivity index (χ1v) is 8.15. The molecule has 1 aromatic heterocycles. The first-order chi connectivity index (χ1) is 11.3. The van der Waals surface area contributed by atoms with E-state index in [-0.39, 0.29) is 13.2 Å². The van der Waals surface area contributed by atoms with Gasteiger partial charge >= 0.3 is 6.09 Å². The Balaban J connectivity index is 0.00000254. The van der Waals surface area contributed by atoms with E-state index >= 15 is 0 Å². The maximum absolute atomic E-state index is 11.4. The number of carbonyl (C=O) groups excluding carboxylic acids is 1. The lowest BCUT2D eigenvalue weighted by molar-refractivity contribution is 0.0525. The van der Waals surface area contributed by atoms with Crippen molar-refractivity contribution in [1.29, 1.82) is 0 Å². The highest BCUT2D eigenvalue weighted by atomic mass is 16.6. The summed E-state index contributed by atoms with van der Waals surface area (Å²) in [7, 11) is 0. The molecule has 1 heterocycles. The van der Waals surface area contributed by atoms with E-state index in [0.29, 0.717) is 36.7 Å². The minimum absolute atomic E-state index is 0.218. The molecule has 0 spiro atoms. The Kier molecular flexibility index (Phi) is 10.7. The second kappa shape index (κ2) is 11.6. The van der Waals surface area contributed by atoms with Crippen LogP contribution in [0.25, 0.3) is 0 Å². The van der Waals surface area contributed by atoms with Crippen molar-refractivity contribution in [3.05, 3.63) is 23.5 Å². The number of pyridine rings is 1. The molecular weight excluding hydrogens is 312 g/mol. The largest absolute Gasteiger partial charge is 0.493 e. The Bertz CT molecular complexity index is 464. The number of ether oxygens (including phenoxy) is 2. The van der Waals surface area contributed by atoms with Crippen LogP contribution in [0.15, 0.2) is 12.1 Å². The number of aliphatic hydroxyl groups is 2. The molecule has 0 atom stereocenters. The molecule has 3 N–H and O–H groups in total. The van der Waals surface area contributed by atoms with Crippen LogP contribution in [0.1, 0.15) is 52.4 Å². The van der Waals surface area contributed by atoms with Crippen molar-refractivity contribution < 1.29 is 24.5 Å². The van der Waals surface area contributed by atoms with Gasteiger partial charge in [-0.3, -0.25) is 4.98 Å². The molecule has 1 aromatic rings. The van der Waals surface area contributed by atoms with Crippen molar-refractivity contribution >= 4 is 6.09 Å². The van der Waals surface area contributed by atoms with Gasteiger partial charge in [0.25, 0.3) is 0 Å². The van der Waals surface area contributed by atoms with Crippen molar-refractivity contribution in [3.63, 3.8) is 0 Å². The molecule has 0 fully saturated rings. The zero-order valence-corrected chi connectivity index (χ0v) is 15.3. The molecule has 7 nitrogen and oxygen atoms in total. The second-order valence-corrected chi connectivity index (χ2v) is 5.73. The van der Waals surface area contributed by atoms with Crippen molar-refractivity contribution in [2.75, 3.05) is 13.2 Å². The van der Waals surface area contributed by atoms with E-state index < -0.39 is 11.7 Å². The van der Waals surface area contributed by atoms with Crippen LogP contribution >= 0.6 is 0 Å². The highest BCUT2D eigenvalue weighted by Gasteiger charge is 2.15. The van der Waals surface area contributed by atoms with Gasteiger partial charge in [0, 0.05) is 18.7 Å². The van der Waals surface area contributed by atoms with Crippen LogP contribution in [-0.4, -0.2) is 40.0 Å². The Morgan fingerprint density at radius 3 is 2.17 bits per heavy atom. The van der Waals surface area contributed by atoms with Gasteiger partial charge in [0.1, 0.15) is 11.4 Å².